The molecule has 0 aliphatic carbocycles. The Morgan fingerprint density at radius 3 is 2.42 bits per heavy atom. The van der Waals surface area contributed by atoms with Gasteiger partial charge in [0.1, 0.15) is 0 Å². The van der Waals surface area contributed by atoms with Gasteiger partial charge in [-0.05, 0) is 19.4 Å². The number of ketones is 1. The molecule has 1 aromatic rings. The Labute approximate surface area is 112 Å². The lowest BCUT2D eigenvalue weighted by molar-refractivity contribution is 0.0126. The first kappa shape index (κ1) is 13.8. The van der Waals surface area contributed by atoms with Gasteiger partial charge in [0.2, 0.25) is 0 Å². The summed E-state index contributed by atoms with van der Waals surface area (Å²) in [5.74, 6) is -0.244. The summed E-state index contributed by atoms with van der Waals surface area (Å²) in [6, 6.07) is 0. The number of aromatic amines is 1. The standard InChI is InChI=1S/C13H19N3O3/c1-8-11(9(2)14-12(8)10(3)17)13(18)15-16-4-6-19-7-5-16/h14H,4-7H2,1-3H3,(H,15,18). The van der Waals surface area contributed by atoms with Gasteiger partial charge in [0, 0.05) is 25.7 Å². The Hall–Kier alpha value is -1.66. The van der Waals surface area contributed by atoms with Gasteiger partial charge in [-0.1, -0.05) is 0 Å². The molecule has 1 aliphatic heterocycles. The van der Waals surface area contributed by atoms with Crippen molar-refractivity contribution in [1.82, 2.24) is 15.4 Å². The lowest BCUT2D eigenvalue weighted by Crippen LogP contribution is -2.48. The number of Topliss-reactive ketones (excluding diaryl/α,β-unsaturated/α-hetero) is 1. The predicted molar refractivity (Wildman–Crippen MR) is 70.1 cm³/mol. The number of nitrogens with zero attached hydrogens (tertiary/aromatic N) is 1. The van der Waals surface area contributed by atoms with E-state index >= 15 is 0 Å². The number of hydrogen-bond donors (Lipinski definition) is 2. The zero-order valence-electron chi connectivity index (χ0n) is 11.5. The van der Waals surface area contributed by atoms with Crippen LogP contribution in [0.15, 0.2) is 0 Å². The Kier molecular flexibility index (Phi) is 4.01. The van der Waals surface area contributed by atoms with E-state index in [0.717, 1.165) is 0 Å². The number of nitrogens with one attached hydrogen (secondary N) is 2. The van der Waals surface area contributed by atoms with Gasteiger partial charge in [0.25, 0.3) is 5.91 Å². The number of morpholine rings is 1. The Balaban J connectivity index is 2.16. The van der Waals surface area contributed by atoms with Crippen LogP contribution in [0.25, 0.3) is 0 Å². The fourth-order valence-electron chi connectivity index (χ4n) is 2.32. The normalized spacial score (nSPS) is 16.4. The van der Waals surface area contributed by atoms with Crippen LogP contribution in [-0.2, 0) is 4.74 Å². The first-order valence-corrected chi connectivity index (χ1v) is 6.34. The number of carbonyl (C=O) groups is 2. The lowest BCUT2D eigenvalue weighted by atomic mass is 10.1. The van der Waals surface area contributed by atoms with E-state index in [1.807, 2.05) is 5.01 Å². The second-order valence-corrected chi connectivity index (χ2v) is 4.72. The summed E-state index contributed by atoms with van der Waals surface area (Å²) in [4.78, 5) is 26.7. The number of rotatable bonds is 3. The third-order valence-electron chi connectivity index (χ3n) is 3.29. The van der Waals surface area contributed by atoms with Crippen LogP contribution < -0.4 is 5.43 Å². The van der Waals surface area contributed by atoms with E-state index in [-0.39, 0.29) is 11.7 Å². The van der Waals surface area contributed by atoms with Crippen LogP contribution >= 0.6 is 0 Å². The fraction of sp³-hybridized carbons (Fsp3) is 0.538. The van der Waals surface area contributed by atoms with Crippen LogP contribution in [0.3, 0.4) is 0 Å². The molecule has 0 radical (unpaired) electrons. The summed E-state index contributed by atoms with van der Waals surface area (Å²) < 4.78 is 5.23. The van der Waals surface area contributed by atoms with Crippen LogP contribution in [0.5, 0.6) is 0 Å². The number of amides is 1. The molecule has 2 N–H and O–H groups in total. The molecule has 0 unspecified atom stereocenters. The zero-order chi connectivity index (χ0) is 14.0. The Morgan fingerprint density at radius 2 is 1.89 bits per heavy atom. The van der Waals surface area contributed by atoms with Gasteiger partial charge in [-0.2, -0.15) is 0 Å². The average Bonchev–Trinajstić information content (AvgIpc) is 2.66. The monoisotopic (exact) mass is 265 g/mol. The van der Waals surface area contributed by atoms with Crippen molar-refractivity contribution in [3.05, 3.63) is 22.5 Å². The SMILES string of the molecule is CC(=O)c1[nH]c(C)c(C(=O)NN2CCOCC2)c1C. The molecule has 6 nitrogen and oxygen atoms in total. The number of hydrazine groups is 1. The van der Waals surface area contributed by atoms with Gasteiger partial charge in [-0.25, -0.2) is 5.01 Å². The molecule has 0 spiro atoms. The number of carbonyl (C=O) groups excluding carboxylic acids is 2. The molecule has 1 amide bonds. The van der Waals surface area contributed by atoms with Crippen molar-refractivity contribution in [2.24, 2.45) is 0 Å². The first-order valence-electron chi connectivity index (χ1n) is 6.34. The van der Waals surface area contributed by atoms with Crippen LogP contribution in [0.4, 0.5) is 0 Å². The minimum atomic E-state index is -0.180. The van der Waals surface area contributed by atoms with E-state index < -0.39 is 0 Å². The van der Waals surface area contributed by atoms with E-state index in [9.17, 15) is 9.59 Å². The van der Waals surface area contributed by atoms with Crippen LogP contribution in [0, 0.1) is 13.8 Å². The highest BCUT2D eigenvalue weighted by Crippen LogP contribution is 2.18. The molecule has 0 bridgehead atoms. The van der Waals surface area contributed by atoms with Crippen molar-refractivity contribution in [2.45, 2.75) is 20.8 Å². The summed E-state index contributed by atoms with van der Waals surface area (Å²) in [5.41, 5.74) is 5.33. The lowest BCUT2D eigenvalue weighted by Gasteiger charge is -2.27. The van der Waals surface area contributed by atoms with E-state index in [1.165, 1.54) is 6.92 Å². The minimum absolute atomic E-state index is 0.0639. The maximum absolute atomic E-state index is 12.3. The van der Waals surface area contributed by atoms with E-state index in [1.54, 1.807) is 13.8 Å². The van der Waals surface area contributed by atoms with Crippen molar-refractivity contribution < 1.29 is 14.3 Å². The van der Waals surface area contributed by atoms with E-state index in [2.05, 4.69) is 10.4 Å². The molecule has 0 atom stereocenters. The van der Waals surface area contributed by atoms with Crippen molar-refractivity contribution in [3.8, 4) is 0 Å². The summed E-state index contributed by atoms with van der Waals surface area (Å²) in [5, 5.41) is 1.84. The topological polar surface area (TPSA) is 74.4 Å². The molecule has 1 aliphatic rings. The molecule has 2 heterocycles. The largest absolute Gasteiger partial charge is 0.379 e. The fourth-order valence-corrected chi connectivity index (χ4v) is 2.32. The molecule has 1 aromatic heterocycles. The molecule has 0 saturated carbocycles. The van der Waals surface area contributed by atoms with Crippen LogP contribution in [0.1, 0.15) is 39.0 Å². The Bertz CT molecular complexity index is 501. The highest BCUT2D eigenvalue weighted by Gasteiger charge is 2.22. The molecular weight excluding hydrogens is 246 g/mol. The number of hydrogen-bond acceptors (Lipinski definition) is 4. The molecule has 19 heavy (non-hydrogen) atoms. The molecule has 6 heteroatoms. The highest BCUT2D eigenvalue weighted by molar-refractivity contribution is 6.02. The van der Waals surface area contributed by atoms with Gasteiger partial charge in [-0.15, -0.1) is 0 Å². The smallest absolute Gasteiger partial charge is 0.267 e. The van der Waals surface area contributed by atoms with Gasteiger partial charge >= 0.3 is 0 Å². The van der Waals surface area contributed by atoms with Gasteiger partial charge < -0.3 is 9.72 Å². The van der Waals surface area contributed by atoms with E-state index in [4.69, 9.17) is 4.74 Å². The molecule has 1 fully saturated rings. The molecule has 2 rings (SSSR count). The minimum Gasteiger partial charge on any atom is -0.379 e. The van der Waals surface area contributed by atoms with E-state index in [0.29, 0.717) is 48.8 Å². The predicted octanol–water partition coefficient (Wildman–Crippen LogP) is 0.811. The highest BCUT2D eigenvalue weighted by atomic mass is 16.5. The van der Waals surface area contributed by atoms with Crippen molar-refractivity contribution in [3.63, 3.8) is 0 Å². The number of aryl methyl sites for hydroxylation is 1. The third kappa shape index (κ3) is 2.85. The number of H-pyrrole nitrogens is 1. The summed E-state index contributed by atoms with van der Waals surface area (Å²) in [6.45, 7) is 7.65. The van der Waals surface area contributed by atoms with Gasteiger partial charge in [0.15, 0.2) is 5.78 Å². The second-order valence-electron chi connectivity index (χ2n) is 4.72. The molecule has 1 saturated heterocycles. The van der Waals surface area contributed by atoms with Gasteiger partial charge in [-0.3, -0.25) is 15.0 Å². The number of aromatic nitrogens is 1. The third-order valence-corrected chi connectivity index (χ3v) is 3.29. The maximum Gasteiger partial charge on any atom is 0.267 e. The van der Waals surface area contributed by atoms with Gasteiger partial charge in [0.05, 0.1) is 24.5 Å². The second kappa shape index (κ2) is 5.54. The van der Waals surface area contributed by atoms with Crippen LogP contribution in [-0.4, -0.2) is 48.0 Å². The Morgan fingerprint density at radius 1 is 1.26 bits per heavy atom. The van der Waals surface area contributed by atoms with Crippen molar-refractivity contribution in [2.75, 3.05) is 26.3 Å². The summed E-state index contributed by atoms with van der Waals surface area (Å²) in [7, 11) is 0. The summed E-state index contributed by atoms with van der Waals surface area (Å²) >= 11 is 0. The zero-order valence-corrected chi connectivity index (χ0v) is 11.5. The van der Waals surface area contributed by atoms with Crippen molar-refractivity contribution in [1.29, 1.82) is 0 Å². The van der Waals surface area contributed by atoms with Crippen molar-refractivity contribution >= 4 is 11.7 Å². The number of ether oxygens (including phenoxy) is 1. The molecule has 0 aromatic carbocycles. The van der Waals surface area contributed by atoms with Crippen LogP contribution in [0.2, 0.25) is 0 Å². The molecule has 104 valence electrons. The maximum atomic E-state index is 12.3. The molecular formula is C13H19N3O3. The first-order chi connectivity index (χ1) is 9.00. The average molecular weight is 265 g/mol. The quantitative estimate of drug-likeness (QED) is 0.793. The summed E-state index contributed by atoms with van der Waals surface area (Å²) in [6.07, 6.45) is 0.